The summed E-state index contributed by atoms with van der Waals surface area (Å²) < 4.78 is 14.8. The quantitative estimate of drug-likeness (QED) is 0.758. The van der Waals surface area contributed by atoms with Crippen LogP contribution < -0.4 is 5.32 Å². The van der Waals surface area contributed by atoms with E-state index in [2.05, 4.69) is 22.3 Å². The number of aromatic nitrogens is 3. The second-order valence-electron chi connectivity index (χ2n) is 5.16. The van der Waals surface area contributed by atoms with Crippen LogP contribution in [-0.2, 0) is 13.1 Å². The van der Waals surface area contributed by atoms with Gasteiger partial charge in [-0.05, 0) is 37.3 Å². The topological polar surface area (TPSA) is 42.7 Å². The monoisotopic (exact) mass is 316 g/mol. The molecule has 1 atom stereocenters. The van der Waals surface area contributed by atoms with Crippen molar-refractivity contribution in [3.63, 3.8) is 0 Å². The van der Waals surface area contributed by atoms with E-state index in [1.807, 2.05) is 22.3 Å². The highest BCUT2D eigenvalue weighted by atomic mass is 32.1. The molecule has 0 spiro atoms. The Morgan fingerprint density at radius 3 is 2.86 bits per heavy atom. The van der Waals surface area contributed by atoms with Crippen LogP contribution in [0.5, 0.6) is 0 Å². The second kappa shape index (κ2) is 6.81. The van der Waals surface area contributed by atoms with Gasteiger partial charge in [-0.2, -0.15) is 5.10 Å². The number of nitrogens with zero attached hydrogens (tertiary/aromatic N) is 3. The number of rotatable bonds is 6. The van der Waals surface area contributed by atoms with Crippen LogP contribution in [0.4, 0.5) is 4.39 Å². The van der Waals surface area contributed by atoms with Crippen molar-refractivity contribution < 1.29 is 4.39 Å². The SMILES string of the molecule is CC(Cn1cccn1)NCc1csc(-c2ccc(F)cc2)n1. The first-order valence-corrected chi connectivity index (χ1v) is 8.00. The maximum Gasteiger partial charge on any atom is 0.123 e. The van der Waals surface area contributed by atoms with Crippen LogP contribution in [0.25, 0.3) is 10.6 Å². The molecular formula is C16H17FN4S. The molecule has 0 saturated carbocycles. The molecule has 0 aliphatic heterocycles. The van der Waals surface area contributed by atoms with E-state index in [9.17, 15) is 4.39 Å². The molecule has 0 amide bonds. The number of hydrogen-bond donors (Lipinski definition) is 1. The van der Waals surface area contributed by atoms with Crippen molar-refractivity contribution in [1.29, 1.82) is 0 Å². The zero-order valence-electron chi connectivity index (χ0n) is 12.2. The van der Waals surface area contributed by atoms with Crippen molar-refractivity contribution >= 4 is 11.3 Å². The number of halogens is 1. The Hall–Kier alpha value is -2.05. The third-order valence-electron chi connectivity index (χ3n) is 3.29. The fourth-order valence-corrected chi connectivity index (χ4v) is 2.97. The molecule has 2 heterocycles. The minimum absolute atomic E-state index is 0.227. The predicted molar refractivity (Wildman–Crippen MR) is 86.0 cm³/mol. The van der Waals surface area contributed by atoms with Crippen molar-refractivity contribution in [2.75, 3.05) is 0 Å². The highest BCUT2D eigenvalue weighted by Crippen LogP contribution is 2.23. The Morgan fingerprint density at radius 1 is 1.32 bits per heavy atom. The van der Waals surface area contributed by atoms with E-state index in [-0.39, 0.29) is 5.82 Å². The molecule has 1 aromatic carbocycles. The van der Waals surface area contributed by atoms with Crippen LogP contribution in [0.2, 0.25) is 0 Å². The summed E-state index contributed by atoms with van der Waals surface area (Å²) in [6, 6.07) is 8.65. The van der Waals surface area contributed by atoms with Gasteiger partial charge >= 0.3 is 0 Å². The second-order valence-corrected chi connectivity index (χ2v) is 6.02. The molecule has 1 N–H and O–H groups in total. The largest absolute Gasteiger partial charge is 0.307 e. The molecule has 0 fully saturated rings. The maximum atomic E-state index is 12.9. The summed E-state index contributed by atoms with van der Waals surface area (Å²) in [5, 5.41) is 10.6. The van der Waals surface area contributed by atoms with Gasteiger partial charge in [-0.15, -0.1) is 11.3 Å². The van der Waals surface area contributed by atoms with Gasteiger partial charge in [0.05, 0.1) is 12.2 Å². The van der Waals surface area contributed by atoms with Crippen LogP contribution in [0, 0.1) is 5.82 Å². The molecule has 6 heteroatoms. The molecule has 22 heavy (non-hydrogen) atoms. The molecule has 2 aromatic heterocycles. The van der Waals surface area contributed by atoms with Crippen LogP contribution in [-0.4, -0.2) is 20.8 Å². The van der Waals surface area contributed by atoms with Crippen molar-refractivity contribution in [3.8, 4) is 10.6 Å². The van der Waals surface area contributed by atoms with Gasteiger partial charge in [-0.1, -0.05) is 0 Å². The lowest BCUT2D eigenvalue weighted by atomic mass is 10.2. The first-order valence-electron chi connectivity index (χ1n) is 7.12. The lowest BCUT2D eigenvalue weighted by Gasteiger charge is -2.12. The molecule has 1 unspecified atom stereocenters. The predicted octanol–water partition coefficient (Wildman–Crippen LogP) is 3.32. The van der Waals surface area contributed by atoms with Crippen LogP contribution in [0.15, 0.2) is 48.1 Å². The van der Waals surface area contributed by atoms with Crippen LogP contribution in [0.1, 0.15) is 12.6 Å². The molecule has 3 aromatic rings. The van der Waals surface area contributed by atoms with E-state index in [0.29, 0.717) is 12.6 Å². The molecule has 0 saturated heterocycles. The first kappa shape index (κ1) is 14.9. The summed E-state index contributed by atoms with van der Waals surface area (Å²) in [5.74, 6) is -0.227. The summed E-state index contributed by atoms with van der Waals surface area (Å²) in [7, 11) is 0. The molecule has 0 radical (unpaired) electrons. The van der Waals surface area contributed by atoms with Crippen LogP contribution in [0.3, 0.4) is 0 Å². The lowest BCUT2D eigenvalue weighted by molar-refractivity contribution is 0.449. The van der Waals surface area contributed by atoms with E-state index in [0.717, 1.165) is 22.8 Å². The number of benzene rings is 1. The van der Waals surface area contributed by atoms with Crippen molar-refractivity contribution in [3.05, 3.63) is 59.6 Å². The number of hydrogen-bond acceptors (Lipinski definition) is 4. The van der Waals surface area contributed by atoms with Gasteiger partial charge in [-0.3, -0.25) is 4.68 Å². The summed E-state index contributed by atoms with van der Waals surface area (Å²) >= 11 is 1.57. The number of thiazole rings is 1. The van der Waals surface area contributed by atoms with Crippen molar-refractivity contribution in [1.82, 2.24) is 20.1 Å². The molecular weight excluding hydrogens is 299 g/mol. The fourth-order valence-electron chi connectivity index (χ4n) is 2.15. The minimum Gasteiger partial charge on any atom is -0.307 e. The lowest BCUT2D eigenvalue weighted by Crippen LogP contribution is -2.30. The Balaban J connectivity index is 1.56. The smallest absolute Gasteiger partial charge is 0.123 e. The van der Waals surface area contributed by atoms with Crippen LogP contribution >= 0.6 is 11.3 Å². The Morgan fingerprint density at radius 2 is 2.14 bits per heavy atom. The number of nitrogens with one attached hydrogen (secondary N) is 1. The zero-order chi connectivity index (χ0) is 15.4. The van der Waals surface area contributed by atoms with E-state index >= 15 is 0 Å². The van der Waals surface area contributed by atoms with Crippen molar-refractivity contribution in [2.45, 2.75) is 26.1 Å². The van der Waals surface area contributed by atoms with Crippen molar-refractivity contribution in [2.24, 2.45) is 0 Å². The van der Waals surface area contributed by atoms with Gasteiger partial charge in [0.2, 0.25) is 0 Å². The zero-order valence-corrected chi connectivity index (χ0v) is 13.1. The maximum absolute atomic E-state index is 12.9. The van der Waals surface area contributed by atoms with E-state index in [1.165, 1.54) is 12.1 Å². The van der Waals surface area contributed by atoms with Gasteiger partial charge in [0.25, 0.3) is 0 Å². The Bertz CT molecular complexity index is 706. The first-order chi connectivity index (χ1) is 10.7. The molecule has 0 aliphatic rings. The molecule has 114 valence electrons. The summed E-state index contributed by atoms with van der Waals surface area (Å²) in [5.41, 5.74) is 1.94. The molecule has 0 aliphatic carbocycles. The van der Waals surface area contributed by atoms with Gasteiger partial charge < -0.3 is 5.32 Å². The average molecular weight is 316 g/mol. The third-order valence-corrected chi connectivity index (χ3v) is 4.23. The normalized spacial score (nSPS) is 12.5. The standard InChI is InChI=1S/C16H17FN4S/c1-12(10-21-8-2-7-19-21)18-9-15-11-22-16(20-15)13-3-5-14(17)6-4-13/h2-8,11-12,18H,9-10H2,1H3. The van der Waals surface area contributed by atoms with Gasteiger partial charge in [0.15, 0.2) is 0 Å². The summed E-state index contributed by atoms with van der Waals surface area (Å²) in [4.78, 5) is 4.59. The molecule has 4 nitrogen and oxygen atoms in total. The van der Waals surface area contributed by atoms with Gasteiger partial charge in [0.1, 0.15) is 10.8 Å². The minimum atomic E-state index is -0.227. The van der Waals surface area contributed by atoms with E-state index in [1.54, 1.807) is 29.7 Å². The summed E-state index contributed by atoms with van der Waals surface area (Å²) in [6.07, 6.45) is 3.73. The van der Waals surface area contributed by atoms with Gasteiger partial charge in [-0.25, -0.2) is 9.37 Å². The molecule has 3 rings (SSSR count). The third kappa shape index (κ3) is 3.78. The summed E-state index contributed by atoms with van der Waals surface area (Å²) in [6.45, 7) is 3.65. The average Bonchev–Trinajstić information content (AvgIpc) is 3.17. The van der Waals surface area contributed by atoms with E-state index < -0.39 is 0 Å². The Labute approximate surface area is 132 Å². The molecule has 0 bridgehead atoms. The highest BCUT2D eigenvalue weighted by molar-refractivity contribution is 7.13. The Kier molecular flexibility index (Phi) is 4.60. The highest BCUT2D eigenvalue weighted by Gasteiger charge is 2.07. The fraction of sp³-hybridized carbons (Fsp3) is 0.250. The van der Waals surface area contributed by atoms with E-state index in [4.69, 9.17) is 0 Å². The van der Waals surface area contributed by atoms with Gasteiger partial charge in [0, 0.05) is 35.9 Å².